The van der Waals surface area contributed by atoms with Gasteiger partial charge in [0, 0.05) is 18.8 Å². The molecule has 0 N–H and O–H groups in total. The molecule has 2 aromatic carbocycles. The average Bonchev–Trinajstić information content (AvgIpc) is 3.27. The molecule has 154 valence electrons. The van der Waals surface area contributed by atoms with Crippen molar-refractivity contribution >= 4 is 23.1 Å². The molecule has 0 aromatic heterocycles. The normalized spacial score (nSPS) is 16.0. The van der Waals surface area contributed by atoms with Crippen molar-refractivity contribution in [2.45, 2.75) is 20.3 Å². The van der Waals surface area contributed by atoms with Gasteiger partial charge in [-0.3, -0.25) is 14.5 Å². The van der Waals surface area contributed by atoms with Crippen LogP contribution in [0.15, 0.2) is 66.9 Å². The second-order valence-electron chi connectivity index (χ2n) is 7.99. The van der Waals surface area contributed by atoms with Crippen molar-refractivity contribution in [1.82, 2.24) is 4.90 Å². The van der Waals surface area contributed by atoms with E-state index in [4.69, 9.17) is 4.74 Å². The second-order valence-corrected chi connectivity index (χ2v) is 7.99. The zero-order chi connectivity index (χ0) is 21.3. The van der Waals surface area contributed by atoms with Gasteiger partial charge in [0.2, 0.25) is 0 Å². The number of benzene rings is 2. The van der Waals surface area contributed by atoms with Gasteiger partial charge in [0.15, 0.2) is 0 Å². The van der Waals surface area contributed by atoms with Crippen LogP contribution in [-0.2, 0) is 16.0 Å². The number of carbonyl (C=O) groups is 2. The van der Waals surface area contributed by atoms with Gasteiger partial charge in [-0.05, 0) is 41.7 Å². The molecule has 0 atom stereocenters. The highest BCUT2D eigenvalue weighted by atomic mass is 16.5. The molecule has 0 unspecified atom stereocenters. The van der Waals surface area contributed by atoms with E-state index in [9.17, 15) is 9.59 Å². The molecule has 4 rings (SSSR count). The fourth-order valence-corrected chi connectivity index (χ4v) is 3.92. The molecule has 0 fully saturated rings. The SMILES string of the molecule is C=CCN1C(=O)C(c2ccc(OCC(C)C)cc2)=C(N2CCc3ccccc32)C1=O. The zero-order valence-electron chi connectivity index (χ0n) is 17.4. The van der Waals surface area contributed by atoms with Crippen LogP contribution in [0.25, 0.3) is 5.57 Å². The van der Waals surface area contributed by atoms with Crippen LogP contribution in [0.5, 0.6) is 5.75 Å². The maximum Gasteiger partial charge on any atom is 0.278 e. The minimum atomic E-state index is -0.282. The van der Waals surface area contributed by atoms with Gasteiger partial charge in [0.1, 0.15) is 11.4 Å². The first-order chi connectivity index (χ1) is 14.5. The van der Waals surface area contributed by atoms with Crippen LogP contribution in [0.2, 0.25) is 0 Å². The Kier molecular flexibility index (Phi) is 5.44. The van der Waals surface area contributed by atoms with Gasteiger partial charge in [-0.15, -0.1) is 6.58 Å². The predicted molar refractivity (Wildman–Crippen MR) is 118 cm³/mol. The monoisotopic (exact) mass is 402 g/mol. The first kappa shape index (κ1) is 20.0. The number of hydrogen-bond donors (Lipinski definition) is 0. The lowest BCUT2D eigenvalue weighted by Crippen LogP contribution is -2.34. The first-order valence-electron chi connectivity index (χ1n) is 10.3. The van der Waals surface area contributed by atoms with E-state index in [2.05, 4.69) is 26.5 Å². The van der Waals surface area contributed by atoms with Gasteiger partial charge in [-0.25, -0.2) is 0 Å². The minimum Gasteiger partial charge on any atom is -0.493 e. The summed E-state index contributed by atoms with van der Waals surface area (Å²) in [5.74, 6) is 0.624. The van der Waals surface area contributed by atoms with E-state index >= 15 is 0 Å². The van der Waals surface area contributed by atoms with Gasteiger partial charge in [0.05, 0.1) is 12.2 Å². The molecule has 2 aromatic rings. The molecule has 5 heteroatoms. The number of amides is 2. The summed E-state index contributed by atoms with van der Waals surface area (Å²) in [6.07, 6.45) is 2.43. The molecule has 2 aliphatic rings. The van der Waals surface area contributed by atoms with Gasteiger partial charge in [-0.1, -0.05) is 50.3 Å². The topological polar surface area (TPSA) is 49.9 Å². The molecule has 5 nitrogen and oxygen atoms in total. The number of ether oxygens (including phenoxy) is 1. The third kappa shape index (κ3) is 3.52. The van der Waals surface area contributed by atoms with Crippen molar-refractivity contribution in [1.29, 1.82) is 0 Å². The zero-order valence-corrected chi connectivity index (χ0v) is 17.4. The quantitative estimate of drug-likeness (QED) is 0.518. The highest BCUT2D eigenvalue weighted by molar-refractivity contribution is 6.36. The van der Waals surface area contributed by atoms with E-state index in [1.54, 1.807) is 6.08 Å². The van der Waals surface area contributed by atoms with Gasteiger partial charge in [0.25, 0.3) is 11.8 Å². The Bertz CT molecular complexity index is 1020. The number of fused-ring (bicyclic) bond motifs is 1. The second kappa shape index (κ2) is 8.19. The Hall–Kier alpha value is -3.34. The lowest BCUT2D eigenvalue weighted by molar-refractivity contribution is -0.136. The predicted octanol–water partition coefficient (Wildman–Crippen LogP) is 4.05. The average molecular weight is 402 g/mol. The molecule has 0 saturated heterocycles. The van der Waals surface area contributed by atoms with Crippen LogP contribution in [0.1, 0.15) is 25.0 Å². The minimum absolute atomic E-state index is 0.190. The summed E-state index contributed by atoms with van der Waals surface area (Å²) < 4.78 is 5.76. The summed E-state index contributed by atoms with van der Waals surface area (Å²) in [6, 6.07) is 15.5. The van der Waals surface area contributed by atoms with Crippen LogP contribution < -0.4 is 9.64 Å². The summed E-state index contributed by atoms with van der Waals surface area (Å²) in [5, 5.41) is 0. The Morgan fingerprint density at radius 3 is 2.50 bits per heavy atom. The number of anilines is 1. The largest absolute Gasteiger partial charge is 0.493 e. The summed E-state index contributed by atoms with van der Waals surface area (Å²) in [6.45, 7) is 9.38. The van der Waals surface area contributed by atoms with Crippen LogP contribution >= 0.6 is 0 Å². The maximum atomic E-state index is 13.3. The lowest BCUT2D eigenvalue weighted by atomic mass is 10.0. The summed E-state index contributed by atoms with van der Waals surface area (Å²) in [4.78, 5) is 29.7. The number of imide groups is 1. The molecule has 2 heterocycles. The van der Waals surface area contributed by atoms with E-state index < -0.39 is 0 Å². The Morgan fingerprint density at radius 1 is 1.07 bits per heavy atom. The van der Waals surface area contributed by atoms with E-state index in [1.165, 1.54) is 10.5 Å². The molecule has 30 heavy (non-hydrogen) atoms. The van der Waals surface area contributed by atoms with E-state index in [-0.39, 0.29) is 18.4 Å². The van der Waals surface area contributed by atoms with Crippen molar-refractivity contribution in [2.24, 2.45) is 5.92 Å². The third-order valence-corrected chi connectivity index (χ3v) is 5.34. The summed E-state index contributed by atoms with van der Waals surface area (Å²) in [5.41, 5.74) is 3.78. The van der Waals surface area contributed by atoms with Crippen LogP contribution in [-0.4, -0.2) is 36.4 Å². The Balaban J connectivity index is 1.75. The molecule has 0 bridgehead atoms. The molecule has 0 radical (unpaired) electrons. The molecule has 0 spiro atoms. The van der Waals surface area contributed by atoms with Gasteiger partial charge >= 0.3 is 0 Å². The fourth-order valence-electron chi connectivity index (χ4n) is 3.92. The number of rotatable bonds is 7. The van der Waals surface area contributed by atoms with Crippen LogP contribution in [0.4, 0.5) is 5.69 Å². The Labute approximate surface area is 177 Å². The van der Waals surface area contributed by atoms with Crippen molar-refractivity contribution in [2.75, 3.05) is 24.6 Å². The number of carbonyl (C=O) groups excluding carboxylic acids is 2. The summed E-state index contributed by atoms with van der Waals surface area (Å²) >= 11 is 0. The number of para-hydroxylation sites is 1. The molecular formula is C25H26N2O3. The smallest absolute Gasteiger partial charge is 0.278 e. The van der Waals surface area contributed by atoms with E-state index in [0.717, 1.165) is 23.4 Å². The standard InChI is InChI=1S/C25H26N2O3/c1-4-14-27-24(28)22(19-9-11-20(12-10-19)30-16-17(2)3)23(25(27)29)26-15-13-18-7-5-6-8-21(18)26/h4-12,17H,1,13-16H2,2-3H3. The van der Waals surface area contributed by atoms with Crippen LogP contribution in [0, 0.1) is 5.92 Å². The van der Waals surface area contributed by atoms with E-state index in [1.807, 2.05) is 47.4 Å². The van der Waals surface area contributed by atoms with Crippen LogP contribution in [0.3, 0.4) is 0 Å². The summed E-state index contributed by atoms with van der Waals surface area (Å²) in [7, 11) is 0. The maximum absolute atomic E-state index is 13.3. The Morgan fingerprint density at radius 2 is 1.80 bits per heavy atom. The van der Waals surface area contributed by atoms with E-state index in [0.29, 0.717) is 30.3 Å². The highest BCUT2D eigenvalue weighted by Crippen LogP contribution is 2.38. The molecule has 2 aliphatic heterocycles. The van der Waals surface area contributed by atoms with Crippen molar-refractivity contribution in [3.63, 3.8) is 0 Å². The molecular weight excluding hydrogens is 376 g/mol. The van der Waals surface area contributed by atoms with Crippen molar-refractivity contribution < 1.29 is 14.3 Å². The van der Waals surface area contributed by atoms with Crippen molar-refractivity contribution in [3.8, 4) is 5.75 Å². The number of hydrogen-bond acceptors (Lipinski definition) is 4. The first-order valence-corrected chi connectivity index (χ1v) is 10.3. The van der Waals surface area contributed by atoms with Crippen molar-refractivity contribution in [3.05, 3.63) is 78.0 Å². The van der Waals surface area contributed by atoms with Gasteiger partial charge in [-0.2, -0.15) is 0 Å². The lowest BCUT2D eigenvalue weighted by Gasteiger charge is -2.21. The highest BCUT2D eigenvalue weighted by Gasteiger charge is 2.42. The molecule has 0 aliphatic carbocycles. The molecule has 2 amide bonds. The van der Waals surface area contributed by atoms with Gasteiger partial charge < -0.3 is 9.64 Å². The third-order valence-electron chi connectivity index (χ3n) is 5.34. The molecule has 0 saturated carbocycles. The fraction of sp³-hybridized carbons (Fsp3) is 0.280. The number of nitrogens with zero attached hydrogens (tertiary/aromatic N) is 2.